The number of rotatable bonds is 15. The van der Waals surface area contributed by atoms with Gasteiger partial charge in [0.1, 0.15) is 0 Å². The van der Waals surface area contributed by atoms with Gasteiger partial charge in [0, 0.05) is 56.8 Å². The van der Waals surface area contributed by atoms with E-state index in [9.17, 15) is 19.5 Å². The molecule has 1 saturated carbocycles. The van der Waals surface area contributed by atoms with E-state index < -0.39 is 18.2 Å². The highest BCUT2D eigenvalue weighted by molar-refractivity contribution is 6.30. The van der Waals surface area contributed by atoms with Crippen LogP contribution in [0.5, 0.6) is 0 Å². The van der Waals surface area contributed by atoms with Crippen molar-refractivity contribution in [2.75, 3.05) is 72.7 Å². The number of halogens is 1. The second-order valence-corrected chi connectivity index (χ2v) is 13.4. The second kappa shape index (κ2) is 20.0. The van der Waals surface area contributed by atoms with Crippen LogP contribution in [0, 0.1) is 11.8 Å². The molecule has 1 aromatic rings. The average molecular weight is 680 g/mol. The van der Waals surface area contributed by atoms with Crippen LogP contribution in [0.25, 0.3) is 0 Å². The van der Waals surface area contributed by atoms with Gasteiger partial charge in [-0.2, -0.15) is 0 Å². The summed E-state index contributed by atoms with van der Waals surface area (Å²) in [4.78, 5) is 42.2. The van der Waals surface area contributed by atoms with E-state index in [1.807, 2.05) is 24.3 Å². The molecule has 13 heteroatoms. The molecule has 47 heavy (non-hydrogen) atoms. The summed E-state index contributed by atoms with van der Waals surface area (Å²) in [5.41, 5.74) is 0.910. The summed E-state index contributed by atoms with van der Waals surface area (Å²) >= 11 is 6.33. The van der Waals surface area contributed by atoms with E-state index in [-0.39, 0.29) is 43.5 Å². The molecule has 3 fully saturated rings. The van der Waals surface area contributed by atoms with Crippen LogP contribution >= 0.6 is 11.6 Å². The lowest BCUT2D eigenvalue weighted by molar-refractivity contribution is -0.123. The number of hydrogen-bond acceptors (Lipinski definition) is 8. The minimum atomic E-state index is -0.991. The van der Waals surface area contributed by atoms with Crippen LogP contribution in [0.3, 0.4) is 0 Å². The molecule has 2 heterocycles. The van der Waals surface area contributed by atoms with Gasteiger partial charge in [-0.25, -0.2) is 9.59 Å². The molecule has 2 saturated heterocycles. The zero-order chi connectivity index (χ0) is 33.4. The van der Waals surface area contributed by atoms with Gasteiger partial charge in [-0.1, -0.05) is 55.8 Å². The Balaban J connectivity index is 1.36. The summed E-state index contributed by atoms with van der Waals surface area (Å²) in [6.07, 6.45) is 6.03. The molecule has 2 aliphatic heterocycles. The third kappa shape index (κ3) is 12.7. The second-order valence-electron chi connectivity index (χ2n) is 13.0. The summed E-state index contributed by atoms with van der Waals surface area (Å²) in [7, 11) is 1.31. The zero-order valence-corrected chi connectivity index (χ0v) is 28.6. The van der Waals surface area contributed by atoms with E-state index in [0.29, 0.717) is 50.2 Å². The molecule has 2 unspecified atom stereocenters. The van der Waals surface area contributed by atoms with E-state index in [2.05, 4.69) is 25.6 Å². The summed E-state index contributed by atoms with van der Waals surface area (Å²) in [5, 5.41) is 20.6. The fraction of sp³-hybridized carbons (Fsp3) is 0.735. The molecule has 1 aromatic carbocycles. The number of nitrogens with one attached hydrogen (secondary N) is 3. The van der Waals surface area contributed by atoms with Gasteiger partial charge in [-0.05, 0) is 42.9 Å². The highest BCUT2D eigenvalue weighted by Crippen LogP contribution is 2.34. The molecular formula is C34H54ClN5O7. The van der Waals surface area contributed by atoms with Gasteiger partial charge >= 0.3 is 12.1 Å². The number of ether oxygens (including phenoxy) is 3. The number of methoxy groups -OCH3 is 1. The first kappa shape index (κ1) is 37.2. The van der Waals surface area contributed by atoms with E-state index in [4.69, 9.17) is 21.1 Å². The molecule has 4 atom stereocenters. The molecular weight excluding hydrogens is 626 g/mol. The van der Waals surface area contributed by atoms with Crippen molar-refractivity contribution in [3.8, 4) is 0 Å². The lowest BCUT2D eigenvalue weighted by atomic mass is 9.83. The number of carbonyl (C=O) groups excluding carboxylic acids is 3. The highest BCUT2D eigenvalue weighted by atomic mass is 35.5. The Labute approximate surface area is 284 Å². The van der Waals surface area contributed by atoms with Gasteiger partial charge in [0.2, 0.25) is 5.91 Å². The van der Waals surface area contributed by atoms with Crippen molar-refractivity contribution >= 4 is 29.6 Å². The number of carbonyl (C=O) groups is 3. The third-order valence-corrected chi connectivity index (χ3v) is 9.77. The van der Waals surface area contributed by atoms with Gasteiger partial charge in [0.25, 0.3) is 0 Å². The Morgan fingerprint density at radius 3 is 2.57 bits per heavy atom. The summed E-state index contributed by atoms with van der Waals surface area (Å²) in [6.45, 7) is 5.95. The van der Waals surface area contributed by atoms with Crippen LogP contribution in [0.15, 0.2) is 24.3 Å². The van der Waals surface area contributed by atoms with Crippen molar-refractivity contribution in [2.24, 2.45) is 11.8 Å². The van der Waals surface area contributed by atoms with E-state index in [1.165, 1.54) is 13.5 Å². The van der Waals surface area contributed by atoms with Crippen molar-refractivity contribution in [3.05, 3.63) is 34.9 Å². The largest absolute Gasteiger partial charge is 0.453 e. The molecule has 0 spiro atoms. The summed E-state index contributed by atoms with van der Waals surface area (Å²) < 4.78 is 16.3. The smallest absolute Gasteiger partial charge is 0.406 e. The number of aliphatic hydroxyl groups excluding tert-OH is 1. The quantitative estimate of drug-likeness (QED) is 0.206. The minimum Gasteiger partial charge on any atom is -0.453 e. The maximum absolute atomic E-state index is 13.8. The molecule has 3 aliphatic rings. The number of hydrogen-bond donors (Lipinski definition) is 4. The summed E-state index contributed by atoms with van der Waals surface area (Å²) in [6, 6.07) is 6.76. The number of aliphatic hydroxyl groups is 1. The van der Waals surface area contributed by atoms with Crippen molar-refractivity contribution in [3.63, 3.8) is 0 Å². The van der Waals surface area contributed by atoms with E-state index >= 15 is 0 Å². The third-order valence-electron chi connectivity index (χ3n) is 9.54. The van der Waals surface area contributed by atoms with E-state index in [0.717, 1.165) is 63.7 Å². The molecule has 12 nitrogen and oxygen atoms in total. The number of amides is 4. The number of piperidine rings is 1. The first-order valence-electron chi connectivity index (χ1n) is 17.3. The predicted octanol–water partition coefficient (Wildman–Crippen LogP) is 3.71. The lowest BCUT2D eigenvalue weighted by Gasteiger charge is -2.38. The Morgan fingerprint density at radius 2 is 1.83 bits per heavy atom. The average Bonchev–Trinajstić information content (AvgIpc) is 3.08. The molecule has 4 amide bonds. The molecule has 4 N–H and O–H groups in total. The first-order valence-corrected chi connectivity index (χ1v) is 17.7. The monoisotopic (exact) mass is 679 g/mol. The topological polar surface area (TPSA) is 142 Å². The molecule has 0 radical (unpaired) electrons. The van der Waals surface area contributed by atoms with Gasteiger partial charge < -0.3 is 40.2 Å². The Hall–Kier alpha value is -2.64. The van der Waals surface area contributed by atoms with Gasteiger partial charge in [-0.15, -0.1) is 0 Å². The number of benzene rings is 1. The van der Waals surface area contributed by atoms with Crippen LogP contribution in [0.1, 0.15) is 69.5 Å². The normalized spacial score (nSPS) is 21.3. The van der Waals surface area contributed by atoms with Crippen LogP contribution in [-0.2, 0) is 19.0 Å². The van der Waals surface area contributed by atoms with Gasteiger partial charge in [0.05, 0.1) is 51.6 Å². The number of alkyl carbamates (subject to hydrolysis) is 1. The van der Waals surface area contributed by atoms with Crippen molar-refractivity contribution in [1.82, 2.24) is 25.8 Å². The maximum Gasteiger partial charge on any atom is 0.406 e. The zero-order valence-electron chi connectivity index (χ0n) is 27.8. The molecule has 0 aromatic heterocycles. The molecule has 0 bridgehead atoms. The number of nitrogens with zero attached hydrogens (tertiary/aromatic N) is 2. The predicted molar refractivity (Wildman–Crippen MR) is 179 cm³/mol. The number of likely N-dealkylation sites (tertiary alicyclic amines) is 1. The van der Waals surface area contributed by atoms with Crippen molar-refractivity contribution in [2.45, 2.75) is 76.0 Å². The van der Waals surface area contributed by atoms with Gasteiger partial charge in [-0.3, -0.25) is 9.69 Å². The van der Waals surface area contributed by atoms with Crippen molar-refractivity contribution in [1.29, 1.82) is 0 Å². The Kier molecular flexibility index (Phi) is 15.8. The van der Waals surface area contributed by atoms with Crippen LogP contribution in [0.4, 0.5) is 9.59 Å². The summed E-state index contributed by atoms with van der Waals surface area (Å²) in [5.74, 6) is 0.182. The van der Waals surface area contributed by atoms with Gasteiger partial charge in [0.15, 0.2) is 0 Å². The van der Waals surface area contributed by atoms with Crippen molar-refractivity contribution < 1.29 is 33.7 Å². The first-order chi connectivity index (χ1) is 22.8. The molecule has 4 rings (SSSR count). The fourth-order valence-electron chi connectivity index (χ4n) is 6.97. The van der Waals surface area contributed by atoms with Crippen LogP contribution < -0.4 is 16.0 Å². The minimum absolute atomic E-state index is 0.00921. The maximum atomic E-state index is 13.8. The number of morpholine rings is 1. The number of urea groups is 1. The SMILES string of the molecule is COC(=O)NCCOC(c1cccc(Cl)c1)C1CCCN(C(=O)N[C@@H](CC2CCCCC2)[C@@H](O)CC(=O)NCCN2CCOCC2)C1. The fourth-order valence-corrected chi connectivity index (χ4v) is 7.17. The standard InChI is InChI=1S/C34H54ClN5O7/c1-45-34(44)37-13-18-47-32(26-9-5-11-28(35)22-26)27-10-6-14-40(24-27)33(43)38-29(21-25-7-3-2-4-8-25)30(41)23-31(42)36-12-15-39-16-19-46-20-17-39/h5,9,11,22,25,27,29-30,32,41H,2-4,6-8,10,12-21,23-24H2,1H3,(H,36,42)(H,37,44)(H,38,43)/t27?,29-,30-,32?/m0/s1. The van der Waals surface area contributed by atoms with Crippen LogP contribution in [0.2, 0.25) is 5.02 Å². The molecule has 1 aliphatic carbocycles. The highest BCUT2D eigenvalue weighted by Gasteiger charge is 2.34. The van der Waals surface area contributed by atoms with Crippen LogP contribution in [-0.4, -0.2) is 118 Å². The lowest BCUT2D eigenvalue weighted by Crippen LogP contribution is -2.53. The Bertz CT molecular complexity index is 1120. The van der Waals surface area contributed by atoms with E-state index in [1.54, 1.807) is 4.90 Å². The Morgan fingerprint density at radius 1 is 1.04 bits per heavy atom. The molecule has 264 valence electrons.